The van der Waals surface area contributed by atoms with Gasteiger partial charge in [-0.2, -0.15) is 31.6 Å². The van der Waals surface area contributed by atoms with Gasteiger partial charge in [-0.15, -0.1) is 10.2 Å². The third kappa shape index (κ3) is 5.58. The molecule has 0 saturated carbocycles. The minimum atomic E-state index is -4.95. The molecule has 0 bridgehead atoms. The maximum atomic E-state index is 14.8. The smallest absolute Gasteiger partial charge is 0.416 e. The number of thiazole rings is 1. The Morgan fingerprint density at radius 2 is 1.84 bits per heavy atom. The van der Waals surface area contributed by atoms with Crippen LogP contribution in [0.2, 0.25) is 0 Å². The molecule has 0 fully saturated rings. The van der Waals surface area contributed by atoms with Crippen LogP contribution in [0.1, 0.15) is 35.7 Å². The summed E-state index contributed by atoms with van der Waals surface area (Å²) in [6, 6.07) is 4.68. The number of nitrogens with zero attached hydrogens (tertiary/aromatic N) is 5. The van der Waals surface area contributed by atoms with Crippen molar-refractivity contribution >= 4 is 33.4 Å². The Bertz CT molecular complexity index is 1300. The van der Waals surface area contributed by atoms with Crippen molar-refractivity contribution in [3.8, 4) is 5.75 Å². The number of carbonyl (C=O) groups excluding carboxylic acids is 1. The minimum Gasteiger partial charge on any atom is -0.494 e. The predicted molar refractivity (Wildman–Crippen MR) is 125 cm³/mol. The van der Waals surface area contributed by atoms with Crippen LogP contribution in [-0.2, 0) is 10.3 Å². The molecule has 2 N–H and O–H groups in total. The standard InChI is InChI=1S/C22H21F6N7O2S/c1-35(2)15-11-29-19(38-15)14-10-20(22(26,27)28,30-18(36)16(14)17-31-33-34-32-17)12-4-6-13(7-5-12)37-9-3-8-21(23,24)25/h4-7,11H,3,8-10H2,1-2H3,(H,30,36)(H,31,32,33,34)/t20-/m0/s1. The fourth-order valence-electron chi connectivity index (χ4n) is 3.90. The van der Waals surface area contributed by atoms with Crippen LogP contribution in [0.25, 0.3) is 11.1 Å². The van der Waals surface area contributed by atoms with E-state index in [0.717, 1.165) is 23.5 Å². The monoisotopic (exact) mass is 561 g/mol. The van der Waals surface area contributed by atoms with Crippen molar-refractivity contribution in [3.05, 3.63) is 46.9 Å². The van der Waals surface area contributed by atoms with Crippen molar-refractivity contribution in [1.82, 2.24) is 30.9 Å². The van der Waals surface area contributed by atoms with Crippen LogP contribution in [0.15, 0.2) is 30.5 Å². The highest BCUT2D eigenvalue weighted by molar-refractivity contribution is 7.16. The molecule has 1 aliphatic heterocycles. The third-order valence-corrected chi connectivity index (χ3v) is 6.99. The minimum absolute atomic E-state index is 0.0157. The van der Waals surface area contributed by atoms with Crippen LogP contribution in [0.3, 0.4) is 0 Å². The molecule has 1 atom stereocenters. The SMILES string of the molecule is CN(C)c1cnc(C2=C(c3nn[nH]n3)C(=O)N[C@@](c3ccc(OCCCC(F)(F)F)cc3)(C(F)(F)F)C2)s1. The molecular weight excluding hydrogens is 540 g/mol. The summed E-state index contributed by atoms with van der Waals surface area (Å²) in [7, 11) is 3.48. The summed E-state index contributed by atoms with van der Waals surface area (Å²) < 4.78 is 86.5. The number of H-pyrrole nitrogens is 1. The van der Waals surface area contributed by atoms with Crippen molar-refractivity contribution < 1.29 is 35.9 Å². The molecule has 0 saturated heterocycles. The normalized spacial score (nSPS) is 18.5. The van der Waals surface area contributed by atoms with E-state index >= 15 is 0 Å². The molecule has 0 spiro atoms. The Morgan fingerprint density at radius 1 is 1.13 bits per heavy atom. The average Bonchev–Trinajstić information content (AvgIpc) is 3.53. The van der Waals surface area contributed by atoms with Crippen LogP contribution in [0, 0.1) is 0 Å². The van der Waals surface area contributed by atoms with Gasteiger partial charge in [-0.3, -0.25) is 4.79 Å². The van der Waals surface area contributed by atoms with Crippen molar-refractivity contribution in [1.29, 1.82) is 0 Å². The van der Waals surface area contributed by atoms with Crippen LogP contribution in [-0.4, -0.2) is 64.6 Å². The Morgan fingerprint density at radius 3 is 2.39 bits per heavy atom. The molecule has 9 nitrogen and oxygen atoms in total. The van der Waals surface area contributed by atoms with Crippen LogP contribution in [0.5, 0.6) is 5.75 Å². The van der Waals surface area contributed by atoms with E-state index in [0.29, 0.717) is 5.00 Å². The Balaban J connectivity index is 1.71. The van der Waals surface area contributed by atoms with E-state index in [1.807, 2.05) is 0 Å². The molecule has 16 heteroatoms. The van der Waals surface area contributed by atoms with Gasteiger partial charge in [-0.05, 0) is 29.3 Å². The molecule has 0 radical (unpaired) electrons. The Kier molecular flexibility index (Phi) is 7.36. The lowest BCUT2D eigenvalue weighted by Gasteiger charge is -2.40. The number of nitrogens with one attached hydrogen (secondary N) is 2. The maximum Gasteiger partial charge on any atom is 0.416 e. The molecular formula is C22H21F6N7O2S. The number of amides is 1. The van der Waals surface area contributed by atoms with Gasteiger partial charge in [0.25, 0.3) is 5.91 Å². The van der Waals surface area contributed by atoms with Gasteiger partial charge in [-0.25, -0.2) is 4.98 Å². The molecule has 2 aromatic heterocycles. The van der Waals surface area contributed by atoms with Gasteiger partial charge < -0.3 is 15.0 Å². The highest BCUT2D eigenvalue weighted by atomic mass is 32.1. The number of alkyl halides is 6. The lowest BCUT2D eigenvalue weighted by molar-refractivity contribution is -0.201. The Hall–Kier alpha value is -3.69. The van der Waals surface area contributed by atoms with E-state index in [4.69, 9.17) is 4.74 Å². The topological polar surface area (TPSA) is 109 Å². The van der Waals surface area contributed by atoms with Crippen LogP contribution >= 0.6 is 11.3 Å². The molecule has 1 aromatic carbocycles. The number of hydrogen-bond donors (Lipinski definition) is 2. The number of aromatic nitrogens is 5. The zero-order valence-corrected chi connectivity index (χ0v) is 20.8. The number of hydrogen-bond acceptors (Lipinski definition) is 8. The van der Waals surface area contributed by atoms with Crippen molar-refractivity contribution in [3.63, 3.8) is 0 Å². The maximum absolute atomic E-state index is 14.8. The Labute approximate surface area is 215 Å². The predicted octanol–water partition coefficient (Wildman–Crippen LogP) is 4.33. The number of tetrazole rings is 1. The lowest BCUT2D eigenvalue weighted by Crippen LogP contribution is -2.58. The lowest BCUT2D eigenvalue weighted by atomic mass is 9.78. The number of aromatic amines is 1. The number of rotatable bonds is 8. The molecule has 0 aliphatic carbocycles. The summed E-state index contributed by atoms with van der Waals surface area (Å²) in [4.78, 5) is 19.2. The third-order valence-electron chi connectivity index (χ3n) is 5.76. The molecule has 3 aromatic rings. The van der Waals surface area contributed by atoms with Crippen molar-refractivity contribution in [2.45, 2.75) is 37.2 Å². The van der Waals surface area contributed by atoms with Crippen LogP contribution in [0.4, 0.5) is 31.3 Å². The second kappa shape index (κ2) is 10.2. The van der Waals surface area contributed by atoms with Crippen LogP contribution < -0.4 is 15.0 Å². The number of anilines is 1. The molecule has 0 unspecified atom stereocenters. The molecule has 38 heavy (non-hydrogen) atoms. The van der Waals surface area contributed by atoms with Gasteiger partial charge in [0.05, 0.1) is 18.4 Å². The fourth-order valence-corrected chi connectivity index (χ4v) is 4.79. The van der Waals surface area contributed by atoms with E-state index in [1.54, 1.807) is 19.0 Å². The van der Waals surface area contributed by atoms with Crippen molar-refractivity contribution in [2.24, 2.45) is 0 Å². The summed E-state index contributed by atoms with van der Waals surface area (Å²) in [6.07, 6.45) is -9.87. The molecule has 4 rings (SSSR count). The quantitative estimate of drug-likeness (QED) is 0.311. The summed E-state index contributed by atoms with van der Waals surface area (Å²) in [5.41, 5.74) is -3.35. The fraction of sp³-hybridized carbons (Fsp3) is 0.409. The van der Waals surface area contributed by atoms with Crippen molar-refractivity contribution in [2.75, 3.05) is 25.6 Å². The number of ether oxygens (including phenoxy) is 1. The number of benzene rings is 1. The van der Waals surface area contributed by atoms with E-state index < -0.39 is 36.6 Å². The van der Waals surface area contributed by atoms with Gasteiger partial charge in [0.1, 0.15) is 15.8 Å². The first-order valence-electron chi connectivity index (χ1n) is 11.1. The van der Waals surface area contributed by atoms with E-state index in [2.05, 4.69) is 30.9 Å². The van der Waals surface area contributed by atoms with E-state index in [9.17, 15) is 31.1 Å². The van der Waals surface area contributed by atoms with E-state index in [1.165, 1.54) is 18.3 Å². The summed E-state index contributed by atoms with van der Waals surface area (Å²) in [5.74, 6) is -1.16. The first-order chi connectivity index (χ1) is 17.8. The van der Waals surface area contributed by atoms with Gasteiger partial charge in [0, 0.05) is 32.5 Å². The average molecular weight is 562 g/mol. The summed E-state index contributed by atoms with van der Waals surface area (Å²) in [5, 5.41) is 16.1. The number of halogens is 6. The molecule has 204 valence electrons. The first kappa shape index (κ1) is 27.3. The summed E-state index contributed by atoms with van der Waals surface area (Å²) >= 11 is 1.10. The zero-order chi connectivity index (χ0) is 27.7. The summed E-state index contributed by atoms with van der Waals surface area (Å²) in [6.45, 7) is -0.265. The molecule has 3 heterocycles. The number of carbonyl (C=O) groups is 1. The van der Waals surface area contributed by atoms with Gasteiger partial charge in [-0.1, -0.05) is 23.5 Å². The van der Waals surface area contributed by atoms with Gasteiger partial charge in [0.2, 0.25) is 5.82 Å². The first-order valence-corrected chi connectivity index (χ1v) is 11.9. The second-order valence-electron chi connectivity index (χ2n) is 8.61. The second-order valence-corrected chi connectivity index (χ2v) is 9.62. The van der Waals surface area contributed by atoms with Gasteiger partial charge >= 0.3 is 12.4 Å². The highest BCUT2D eigenvalue weighted by Gasteiger charge is 2.60. The zero-order valence-electron chi connectivity index (χ0n) is 19.9. The van der Waals surface area contributed by atoms with E-state index in [-0.39, 0.29) is 46.3 Å². The molecule has 1 aliphatic rings. The molecule has 1 amide bonds. The highest BCUT2D eigenvalue weighted by Crippen LogP contribution is 2.50. The van der Waals surface area contributed by atoms with Gasteiger partial charge in [0.15, 0.2) is 5.54 Å². The largest absolute Gasteiger partial charge is 0.494 e.